The van der Waals surface area contributed by atoms with Gasteiger partial charge in [0.1, 0.15) is 0 Å². The lowest BCUT2D eigenvalue weighted by Gasteiger charge is -2.22. The van der Waals surface area contributed by atoms with Crippen molar-refractivity contribution in [3.8, 4) is 0 Å². The predicted octanol–water partition coefficient (Wildman–Crippen LogP) is 2.57. The number of hydrogen-bond donors (Lipinski definition) is 1. The quantitative estimate of drug-likeness (QED) is 0.352. The maximum atomic E-state index is 5.11. The van der Waals surface area contributed by atoms with Crippen molar-refractivity contribution in [3.05, 3.63) is 41.5 Å². The van der Waals surface area contributed by atoms with Gasteiger partial charge in [0, 0.05) is 32.2 Å². The minimum atomic E-state index is 0. The van der Waals surface area contributed by atoms with Crippen LogP contribution in [0.2, 0.25) is 0 Å². The fourth-order valence-electron chi connectivity index (χ4n) is 2.73. The molecular weight excluding hydrogens is 405 g/mol. The van der Waals surface area contributed by atoms with Gasteiger partial charge in [-0.1, -0.05) is 23.4 Å². The van der Waals surface area contributed by atoms with Crippen molar-refractivity contribution < 1.29 is 4.52 Å². The normalized spacial score (nSPS) is 13.7. The summed E-state index contributed by atoms with van der Waals surface area (Å²) in [6.07, 6.45) is 2.77. The molecular formula is C16H22IN5O. The Morgan fingerprint density at radius 1 is 1.39 bits per heavy atom. The van der Waals surface area contributed by atoms with E-state index < -0.39 is 0 Å². The number of rotatable bonds is 4. The number of aromatic nitrogens is 2. The molecule has 124 valence electrons. The molecule has 0 radical (unpaired) electrons. The van der Waals surface area contributed by atoms with E-state index in [9.17, 15) is 0 Å². The summed E-state index contributed by atoms with van der Waals surface area (Å²) in [6, 6.07) is 8.49. The minimum Gasteiger partial charge on any atom is -0.356 e. The smallest absolute Gasteiger partial charge is 0.226 e. The van der Waals surface area contributed by atoms with Gasteiger partial charge in [0.15, 0.2) is 11.8 Å². The van der Waals surface area contributed by atoms with Gasteiger partial charge >= 0.3 is 0 Å². The molecule has 0 spiro atoms. The fourth-order valence-corrected chi connectivity index (χ4v) is 2.73. The summed E-state index contributed by atoms with van der Waals surface area (Å²) in [5, 5.41) is 7.21. The first kappa shape index (κ1) is 17.7. The van der Waals surface area contributed by atoms with Crippen LogP contribution in [-0.4, -0.2) is 36.2 Å². The van der Waals surface area contributed by atoms with Gasteiger partial charge < -0.3 is 14.7 Å². The number of hydrogen-bond acceptors (Lipinski definition) is 4. The standard InChI is InChI=1S/C16H21N5O.HI/c1-12-19-15(22-20-12)8-5-10-18-16(17-2)21-11-9-13-6-3-4-7-14(13)21;/h3-4,6-7H,5,8-11H2,1-2H3,(H,17,18);1H. The number of benzene rings is 1. The molecule has 2 aromatic rings. The molecule has 1 N–H and O–H groups in total. The van der Waals surface area contributed by atoms with Gasteiger partial charge in [-0.05, 0) is 31.4 Å². The summed E-state index contributed by atoms with van der Waals surface area (Å²) in [5.74, 6) is 2.31. The highest BCUT2D eigenvalue weighted by atomic mass is 127. The van der Waals surface area contributed by atoms with Crippen molar-refractivity contribution in [2.24, 2.45) is 4.99 Å². The molecule has 0 unspecified atom stereocenters. The molecule has 6 nitrogen and oxygen atoms in total. The Balaban J connectivity index is 0.00000192. The number of para-hydroxylation sites is 1. The van der Waals surface area contributed by atoms with Crippen molar-refractivity contribution in [3.63, 3.8) is 0 Å². The van der Waals surface area contributed by atoms with E-state index in [0.717, 1.165) is 38.3 Å². The van der Waals surface area contributed by atoms with E-state index in [0.29, 0.717) is 11.7 Å². The first-order valence-electron chi connectivity index (χ1n) is 7.63. The number of fused-ring (bicyclic) bond motifs is 1. The highest BCUT2D eigenvalue weighted by Crippen LogP contribution is 2.27. The molecule has 0 saturated heterocycles. The Morgan fingerprint density at radius 3 is 2.96 bits per heavy atom. The van der Waals surface area contributed by atoms with E-state index >= 15 is 0 Å². The Morgan fingerprint density at radius 2 is 2.22 bits per heavy atom. The van der Waals surface area contributed by atoms with E-state index in [1.807, 2.05) is 14.0 Å². The third kappa shape index (κ3) is 4.21. The third-order valence-corrected chi connectivity index (χ3v) is 3.77. The van der Waals surface area contributed by atoms with Crippen LogP contribution in [-0.2, 0) is 12.8 Å². The average Bonchev–Trinajstić information content (AvgIpc) is 3.14. The number of nitrogens with one attached hydrogen (secondary N) is 1. The Kier molecular flexibility index (Phi) is 6.37. The lowest BCUT2D eigenvalue weighted by atomic mass is 10.2. The lowest BCUT2D eigenvalue weighted by Crippen LogP contribution is -2.41. The van der Waals surface area contributed by atoms with Gasteiger partial charge in [0.25, 0.3) is 0 Å². The number of aryl methyl sites for hydroxylation is 2. The Labute approximate surface area is 153 Å². The first-order valence-corrected chi connectivity index (χ1v) is 7.63. The molecule has 1 aromatic carbocycles. The zero-order chi connectivity index (χ0) is 15.4. The summed E-state index contributed by atoms with van der Waals surface area (Å²) in [7, 11) is 1.82. The van der Waals surface area contributed by atoms with Crippen LogP contribution in [0, 0.1) is 6.92 Å². The molecule has 0 saturated carbocycles. The molecule has 1 aromatic heterocycles. The average molecular weight is 427 g/mol. The van der Waals surface area contributed by atoms with Crippen molar-refractivity contribution in [1.82, 2.24) is 15.5 Å². The second-order valence-electron chi connectivity index (χ2n) is 5.34. The van der Waals surface area contributed by atoms with Crippen LogP contribution in [0.15, 0.2) is 33.8 Å². The second-order valence-corrected chi connectivity index (χ2v) is 5.34. The van der Waals surface area contributed by atoms with E-state index in [1.54, 1.807) is 0 Å². The molecule has 1 aliphatic heterocycles. The number of aliphatic imine (C=N–C) groups is 1. The number of guanidine groups is 1. The summed E-state index contributed by atoms with van der Waals surface area (Å²) >= 11 is 0. The highest BCUT2D eigenvalue weighted by molar-refractivity contribution is 14.0. The molecule has 2 heterocycles. The van der Waals surface area contributed by atoms with Gasteiger partial charge in [-0.3, -0.25) is 4.99 Å². The largest absolute Gasteiger partial charge is 0.356 e. The van der Waals surface area contributed by atoms with Crippen LogP contribution in [0.1, 0.15) is 23.7 Å². The summed E-state index contributed by atoms with van der Waals surface area (Å²) < 4.78 is 5.11. The number of halogens is 1. The summed E-state index contributed by atoms with van der Waals surface area (Å²) in [5.41, 5.74) is 2.63. The van der Waals surface area contributed by atoms with Crippen LogP contribution < -0.4 is 10.2 Å². The maximum absolute atomic E-state index is 5.11. The maximum Gasteiger partial charge on any atom is 0.226 e. The third-order valence-electron chi connectivity index (χ3n) is 3.77. The first-order chi connectivity index (χ1) is 10.8. The van der Waals surface area contributed by atoms with E-state index in [-0.39, 0.29) is 24.0 Å². The highest BCUT2D eigenvalue weighted by Gasteiger charge is 2.21. The SMILES string of the molecule is CN=C(NCCCc1nc(C)no1)N1CCc2ccccc21.I. The monoisotopic (exact) mass is 427 g/mol. The number of anilines is 1. The van der Waals surface area contributed by atoms with Gasteiger partial charge in [-0.15, -0.1) is 24.0 Å². The predicted molar refractivity (Wildman–Crippen MR) is 102 cm³/mol. The Bertz CT molecular complexity index is 670. The van der Waals surface area contributed by atoms with Gasteiger partial charge in [-0.25, -0.2) is 0 Å². The molecule has 23 heavy (non-hydrogen) atoms. The molecule has 0 atom stereocenters. The van der Waals surface area contributed by atoms with E-state index in [4.69, 9.17) is 4.52 Å². The van der Waals surface area contributed by atoms with Gasteiger partial charge in [0.2, 0.25) is 5.89 Å². The van der Waals surface area contributed by atoms with Gasteiger partial charge in [0.05, 0.1) is 0 Å². The zero-order valence-electron chi connectivity index (χ0n) is 13.5. The van der Waals surface area contributed by atoms with Crippen molar-refractivity contribution in [1.29, 1.82) is 0 Å². The molecule has 7 heteroatoms. The molecule has 0 fully saturated rings. The zero-order valence-corrected chi connectivity index (χ0v) is 15.8. The van der Waals surface area contributed by atoms with Crippen LogP contribution in [0.5, 0.6) is 0 Å². The fraction of sp³-hybridized carbons (Fsp3) is 0.438. The molecule has 0 bridgehead atoms. The van der Waals surface area contributed by atoms with E-state index in [1.165, 1.54) is 11.3 Å². The summed E-state index contributed by atoms with van der Waals surface area (Å²) in [4.78, 5) is 10.8. The Hall–Kier alpha value is -1.64. The van der Waals surface area contributed by atoms with Crippen molar-refractivity contribution in [2.45, 2.75) is 26.2 Å². The summed E-state index contributed by atoms with van der Waals surface area (Å²) in [6.45, 7) is 3.63. The lowest BCUT2D eigenvalue weighted by molar-refractivity contribution is 0.372. The minimum absolute atomic E-state index is 0. The molecule has 0 aliphatic carbocycles. The molecule has 3 rings (SSSR count). The van der Waals surface area contributed by atoms with Crippen LogP contribution in [0.4, 0.5) is 5.69 Å². The topological polar surface area (TPSA) is 66.5 Å². The molecule has 0 amide bonds. The van der Waals surface area contributed by atoms with Crippen LogP contribution in [0.25, 0.3) is 0 Å². The molecule has 1 aliphatic rings. The second kappa shape index (κ2) is 8.28. The van der Waals surface area contributed by atoms with E-state index in [2.05, 4.69) is 49.6 Å². The van der Waals surface area contributed by atoms with Crippen molar-refractivity contribution in [2.75, 3.05) is 25.0 Å². The van der Waals surface area contributed by atoms with Gasteiger partial charge in [-0.2, -0.15) is 4.98 Å². The van der Waals surface area contributed by atoms with Crippen LogP contribution in [0.3, 0.4) is 0 Å². The van der Waals surface area contributed by atoms with Crippen LogP contribution >= 0.6 is 24.0 Å². The van der Waals surface area contributed by atoms with Crippen molar-refractivity contribution >= 4 is 35.6 Å². The number of nitrogens with zero attached hydrogens (tertiary/aromatic N) is 4.